The molecule has 2 heterocycles. The van der Waals surface area contributed by atoms with Crippen molar-refractivity contribution in [1.82, 2.24) is 20.6 Å². The molecule has 12 heteroatoms. The summed E-state index contributed by atoms with van der Waals surface area (Å²) in [6.07, 6.45) is 2.93. The van der Waals surface area contributed by atoms with E-state index in [0.717, 1.165) is 0 Å². The molecule has 0 aliphatic rings. The first-order valence-electron chi connectivity index (χ1n) is 8.16. The first kappa shape index (κ1) is 20.2. The van der Waals surface area contributed by atoms with Gasteiger partial charge in [-0.3, -0.25) is 19.6 Å². The molecular weight excluding hydrogens is 364 g/mol. The van der Waals surface area contributed by atoms with Gasteiger partial charge in [0.05, 0.1) is 11.4 Å². The summed E-state index contributed by atoms with van der Waals surface area (Å²) >= 11 is 0. The van der Waals surface area contributed by atoms with E-state index >= 15 is 0 Å². The second-order valence-electron chi connectivity index (χ2n) is 5.28. The molecule has 0 spiro atoms. The highest BCUT2D eigenvalue weighted by molar-refractivity contribution is 5.96. The lowest BCUT2D eigenvalue weighted by Crippen LogP contribution is -2.26. The Kier molecular flexibility index (Phi) is 7.75. The van der Waals surface area contributed by atoms with Crippen LogP contribution >= 0.6 is 0 Å². The lowest BCUT2D eigenvalue weighted by molar-refractivity contribution is 0.0946. The van der Waals surface area contributed by atoms with E-state index in [1.807, 2.05) is 0 Å². The Bertz CT molecular complexity index is 870. The number of nitrogens with zero attached hydrogens (tertiary/aromatic N) is 8. The number of carbonyl (C=O) groups excluding carboxylic acids is 2. The molecule has 0 aromatic carbocycles. The Balaban J connectivity index is 2.10. The third-order valence-electron chi connectivity index (χ3n) is 3.43. The van der Waals surface area contributed by atoms with Gasteiger partial charge >= 0.3 is 0 Å². The summed E-state index contributed by atoms with van der Waals surface area (Å²) in [5.74, 6) is -0.688. The minimum atomic E-state index is -0.344. The molecule has 0 aliphatic carbocycles. The number of nitrogens with one attached hydrogen (secondary N) is 2. The van der Waals surface area contributed by atoms with E-state index in [1.54, 1.807) is 24.3 Å². The van der Waals surface area contributed by atoms with Crippen LogP contribution in [0, 0.1) is 0 Å². The molecule has 28 heavy (non-hydrogen) atoms. The van der Waals surface area contributed by atoms with Gasteiger partial charge in [-0.15, -0.1) is 0 Å². The van der Waals surface area contributed by atoms with E-state index in [1.165, 1.54) is 12.4 Å². The summed E-state index contributed by atoms with van der Waals surface area (Å²) in [7, 11) is 0. The van der Waals surface area contributed by atoms with Crippen LogP contribution in [0.2, 0.25) is 0 Å². The predicted molar refractivity (Wildman–Crippen MR) is 100 cm³/mol. The summed E-state index contributed by atoms with van der Waals surface area (Å²) < 4.78 is 0. The van der Waals surface area contributed by atoms with Gasteiger partial charge in [0.2, 0.25) is 0 Å². The number of hydrogen-bond donors (Lipinski definition) is 2. The average Bonchev–Trinajstić information content (AvgIpc) is 2.74. The number of amides is 2. The Morgan fingerprint density at radius 1 is 0.857 bits per heavy atom. The molecule has 0 aliphatic heterocycles. The minimum Gasteiger partial charge on any atom is -0.352 e. The summed E-state index contributed by atoms with van der Waals surface area (Å²) in [6.45, 7) is 0.728. The van der Waals surface area contributed by atoms with Crippen LogP contribution in [0.1, 0.15) is 20.7 Å². The fraction of sp³-hybridized carbons (Fsp3) is 0.250. The standard InChI is InChI=1S/C16H16N10O2/c17-25-23-7-5-21-15(27)11-1-3-19-13(9-11)14-10-12(2-4-20-14)16(28)22-6-8-24-26-18/h1-4,9-10H,5-8H2,(H,21,27)(H,22,28). The zero-order valence-corrected chi connectivity index (χ0v) is 14.7. The molecule has 0 bridgehead atoms. The van der Waals surface area contributed by atoms with Crippen LogP contribution in [0.4, 0.5) is 0 Å². The Morgan fingerprint density at radius 2 is 1.29 bits per heavy atom. The maximum absolute atomic E-state index is 12.1. The van der Waals surface area contributed by atoms with E-state index in [2.05, 4.69) is 40.7 Å². The second-order valence-corrected chi connectivity index (χ2v) is 5.28. The van der Waals surface area contributed by atoms with Crippen LogP contribution in [0.15, 0.2) is 46.9 Å². The van der Waals surface area contributed by atoms with Gasteiger partial charge in [0.15, 0.2) is 0 Å². The number of azide groups is 2. The van der Waals surface area contributed by atoms with Crippen LogP contribution in [0.25, 0.3) is 32.3 Å². The first-order valence-corrected chi connectivity index (χ1v) is 8.16. The van der Waals surface area contributed by atoms with Gasteiger partial charge in [-0.1, -0.05) is 10.2 Å². The highest BCUT2D eigenvalue weighted by Crippen LogP contribution is 2.17. The Morgan fingerprint density at radius 3 is 1.68 bits per heavy atom. The molecular formula is C16H16N10O2. The third kappa shape index (κ3) is 5.99. The maximum atomic E-state index is 12.1. The summed E-state index contributed by atoms with van der Waals surface area (Å²) in [6, 6.07) is 6.18. The van der Waals surface area contributed by atoms with Crippen molar-refractivity contribution in [3.8, 4) is 11.4 Å². The molecule has 2 aromatic rings. The van der Waals surface area contributed by atoms with Crippen molar-refractivity contribution in [2.24, 2.45) is 10.2 Å². The molecule has 2 N–H and O–H groups in total. The van der Waals surface area contributed by atoms with Crippen LogP contribution < -0.4 is 10.6 Å². The fourth-order valence-electron chi connectivity index (χ4n) is 2.16. The van der Waals surface area contributed by atoms with Crippen LogP contribution in [-0.4, -0.2) is 48.0 Å². The monoisotopic (exact) mass is 380 g/mol. The van der Waals surface area contributed by atoms with Crippen molar-refractivity contribution < 1.29 is 9.59 Å². The molecule has 142 valence electrons. The van der Waals surface area contributed by atoms with Gasteiger partial charge in [0.1, 0.15) is 0 Å². The number of pyridine rings is 2. The average molecular weight is 380 g/mol. The number of aromatic nitrogens is 2. The normalized spacial score (nSPS) is 9.57. The third-order valence-corrected chi connectivity index (χ3v) is 3.43. The van der Waals surface area contributed by atoms with Gasteiger partial charge < -0.3 is 10.6 Å². The van der Waals surface area contributed by atoms with Gasteiger partial charge in [0, 0.05) is 59.5 Å². The van der Waals surface area contributed by atoms with Gasteiger partial charge in [-0.05, 0) is 35.3 Å². The van der Waals surface area contributed by atoms with Crippen molar-refractivity contribution >= 4 is 11.8 Å². The fourth-order valence-corrected chi connectivity index (χ4v) is 2.16. The number of carbonyl (C=O) groups is 2. The lowest BCUT2D eigenvalue weighted by Gasteiger charge is -2.07. The quantitative estimate of drug-likeness (QED) is 0.293. The Labute approximate surface area is 159 Å². The highest BCUT2D eigenvalue weighted by atomic mass is 16.2. The van der Waals surface area contributed by atoms with Crippen molar-refractivity contribution in [3.63, 3.8) is 0 Å². The van der Waals surface area contributed by atoms with Crippen molar-refractivity contribution in [2.75, 3.05) is 26.2 Å². The van der Waals surface area contributed by atoms with Gasteiger partial charge in [0.25, 0.3) is 11.8 Å². The summed E-state index contributed by atoms with van der Waals surface area (Å²) in [4.78, 5) is 37.9. The largest absolute Gasteiger partial charge is 0.352 e. The summed E-state index contributed by atoms with van der Waals surface area (Å²) in [5, 5.41) is 11.9. The van der Waals surface area contributed by atoms with E-state index in [0.29, 0.717) is 22.5 Å². The zero-order valence-electron chi connectivity index (χ0n) is 14.7. The SMILES string of the molecule is [N-]=[N+]=NCCNC(=O)c1ccnc(-c2cc(C(=O)NCCN=[N+]=[N-])ccn2)c1. The van der Waals surface area contributed by atoms with Crippen molar-refractivity contribution in [3.05, 3.63) is 68.7 Å². The molecule has 2 aromatic heterocycles. The second kappa shape index (κ2) is 10.8. The van der Waals surface area contributed by atoms with E-state index in [-0.39, 0.29) is 38.0 Å². The molecule has 0 fully saturated rings. The van der Waals surface area contributed by atoms with Crippen LogP contribution in [0.5, 0.6) is 0 Å². The van der Waals surface area contributed by atoms with E-state index in [4.69, 9.17) is 11.1 Å². The predicted octanol–water partition coefficient (Wildman–Crippen LogP) is 2.22. The van der Waals surface area contributed by atoms with E-state index in [9.17, 15) is 9.59 Å². The highest BCUT2D eigenvalue weighted by Gasteiger charge is 2.11. The molecule has 12 nitrogen and oxygen atoms in total. The molecule has 0 saturated carbocycles. The van der Waals surface area contributed by atoms with Crippen LogP contribution in [0.3, 0.4) is 0 Å². The van der Waals surface area contributed by atoms with Crippen molar-refractivity contribution in [2.45, 2.75) is 0 Å². The van der Waals surface area contributed by atoms with Crippen LogP contribution in [-0.2, 0) is 0 Å². The van der Waals surface area contributed by atoms with E-state index < -0.39 is 0 Å². The maximum Gasteiger partial charge on any atom is 0.251 e. The van der Waals surface area contributed by atoms with Gasteiger partial charge in [-0.25, -0.2) is 0 Å². The molecule has 0 unspecified atom stereocenters. The topological polar surface area (TPSA) is 182 Å². The van der Waals surface area contributed by atoms with Crippen molar-refractivity contribution in [1.29, 1.82) is 0 Å². The molecule has 0 radical (unpaired) electrons. The molecule has 0 atom stereocenters. The molecule has 2 rings (SSSR count). The van der Waals surface area contributed by atoms with Gasteiger partial charge in [-0.2, -0.15) is 0 Å². The minimum absolute atomic E-state index is 0.151. The smallest absolute Gasteiger partial charge is 0.251 e. The molecule has 0 saturated heterocycles. The summed E-state index contributed by atoms with van der Waals surface area (Å²) in [5.41, 5.74) is 18.0. The first-order chi connectivity index (χ1) is 13.7. The lowest BCUT2D eigenvalue weighted by atomic mass is 10.1. The molecule has 2 amide bonds. The number of rotatable bonds is 9. The Hall–Kier alpha value is -4.14. The zero-order chi connectivity index (χ0) is 20.2. The number of hydrogen-bond acceptors (Lipinski definition) is 6.